The van der Waals surface area contributed by atoms with E-state index < -0.39 is 0 Å². The second kappa shape index (κ2) is 4.03. The highest BCUT2D eigenvalue weighted by atomic mass is 16.8. The summed E-state index contributed by atoms with van der Waals surface area (Å²) in [5.74, 6) is 4.48. The average molecular weight is 89.1 g/mol. The molecule has 0 rings (SSSR count). The Morgan fingerprint density at radius 1 is 2.00 bits per heavy atom. The Balaban J connectivity index is 2.86. The maximum absolute atomic E-state index is 7.44. The van der Waals surface area contributed by atoms with Crippen LogP contribution in [0.3, 0.4) is 0 Å². The lowest BCUT2D eigenvalue weighted by Gasteiger charge is -1.83. The van der Waals surface area contributed by atoms with E-state index >= 15 is 0 Å². The summed E-state index contributed by atoms with van der Waals surface area (Å²) in [5, 5.41) is 2.53. The molecule has 0 aliphatic carbocycles. The summed E-state index contributed by atoms with van der Waals surface area (Å²) in [6.07, 6.45) is 0. The van der Waals surface area contributed by atoms with Crippen molar-refractivity contribution in [2.75, 3.05) is 0 Å². The number of hydrazine groups is 1. The molecule has 0 saturated carbocycles. The SMILES string of the molecule is [N-]=[N+]=NONN. The maximum atomic E-state index is 7.44. The van der Waals surface area contributed by atoms with Gasteiger partial charge < -0.3 is 4.94 Å². The van der Waals surface area contributed by atoms with Crippen LogP contribution in [0.4, 0.5) is 0 Å². The molecule has 34 valence electrons. The first kappa shape index (κ1) is 5.03. The monoisotopic (exact) mass is 89.0 g/mol. The minimum Gasteiger partial charge on any atom is -0.322 e. The smallest absolute Gasteiger partial charge is 0.133 e. The third-order valence-corrected chi connectivity index (χ3v) is 0.130. The first-order valence-corrected chi connectivity index (χ1v) is 1.08. The Morgan fingerprint density at radius 2 is 2.67 bits per heavy atom. The molecule has 0 atom stereocenters. The minimum atomic E-state index is 1.65. The molecule has 0 spiro atoms. The third-order valence-electron chi connectivity index (χ3n) is 0.130. The van der Waals surface area contributed by atoms with Gasteiger partial charge >= 0.3 is 0 Å². The average Bonchev–Trinajstić information content (AvgIpc) is 1.61. The van der Waals surface area contributed by atoms with E-state index in [0.717, 1.165) is 0 Å². The van der Waals surface area contributed by atoms with Crippen molar-refractivity contribution in [1.29, 1.82) is 0 Å². The Bertz CT molecular complexity index is 60.3. The summed E-state index contributed by atoms with van der Waals surface area (Å²) < 4.78 is 0. The summed E-state index contributed by atoms with van der Waals surface area (Å²) in [6.45, 7) is 0. The quantitative estimate of drug-likeness (QED) is 0.158. The third kappa shape index (κ3) is 3.03. The van der Waals surface area contributed by atoms with Crippen LogP contribution in [0.5, 0.6) is 0 Å². The molecule has 0 aliphatic rings. The molecule has 0 fully saturated rings. The van der Waals surface area contributed by atoms with Gasteiger partial charge in [0, 0.05) is 4.91 Å². The molecular weight excluding hydrogens is 86.0 g/mol. The van der Waals surface area contributed by atoms with Crippen molar-refractivity contribution in [2.24, 2.45) is 11.1 Å². The summed E-state index contributed by atoms with van der Waals surface area (Å²) in [4.78, 5) is 5.90. The molecule has 0 aromatic rings. The van der Waals surface area contributed by atoms with Crippen LogP contribution < -0.4 is 11.4 Å². The molecule has 0 bridgehead atoms. The van der Waals surface area contributed by atoms with Crippen LogP contribution in [0.2, 0.25) is 0 Å². The van der Waals surface area contributed by atoms with Crippen LogP contribution in [0, 0.1) is 0 Å². The van der Waals surface area contributed by atoms with Gasteiger partial charge in [0.25, 0.3) is 0 Å². The highest BCUT2D eigenvalue weighted by Gasteiger charge is 1.57. The maximum Gasteiger partial charge on any atom is 0.133 e. The second-order valence-corrected chi connectivity index (χ2v) is 0.380. The van der Waals surface area contributed by atoms with E-state index in [0.29, 0.717) is 0 Å². The summed E-state index contributed by atoms with van der Waals surface area (Å²) in [7, 11) is 0. The van der Waals surface area contributed by atoms with Gasteiger partial charge in [-0.3, -0.25) is 0 Å². The van der Waals surface area contributed by atoms with Crippen molar-refractivity contribution in [2.45, 2.75) is 0 Å². The molecule has 0 unspecified atom stereocenters. The highest BCUT2D eigenvalue weighted by molar-refractivity contribution is 4.26. The van der Waals surface area contributed by atoms with Gasteiger partial charge in [0.2, 0.25) is 0 Å². The highest BCUT2D eigenvalue weighted by Crippen LogP contribution is 1.60. The fraction of sp³-hybridized carbons (Fsp3) is 0. The van der Waals surface area contributed by atoms with Gasteiger partial charge in [-0.05, 0) is 5.53 Å². The zero-order chi connectivity index (χ0) is 4.83. The molecule has 0 aromatic heterocycles. The summed E-state index contributed by atoms with van der Waals surface area (Å²) in [6, 6.07) is 0. The zero-order valence-corrected chi connectivity index (χ0v) is 2.83. The number of nitrogens with two attached hydrogens (primary N) is 1. The first-order valence-electron chi connectivity index (χ1n) is 1.08. The van der Waals surface area contributed by atoms with E-state index in [2.05, 4.69) is 21.0 Å². The molecule has 3 N–H and O–H groups in total. The molecule has 0 amide bonds. The predicted molar refractivity (Wildman–Crippen MR) is 17.6 cm³/mol. The summed E-state index contributed by atoms with van der Waals surface area (Å²) >= 11 is 0. The number of hydrogen-bond donors (Lipinski definition) is 2. The second-order valence-electron chi connectivity index (χ2n) is 0.380. The van der Waals surface area contributed by atoms with E-state index in [1.165, 1.54) is 0 Å². The van der Waals surface area contributed by atoms with Crippen molar-refractivity contribution in [1.82, 2.24) is 5.59 Å². The molecule has 0 radical (unpaired) electrons. The fourth-order valence-electron chi connectivity index (χ4n) is 0.0418. The first-order chi connectivity index (χ1) is 2.91. The standard InChI is InChI=1S/H3N5O/c1-3-5-6-4-2/h4H,2H2. The molecule has 0 aliphatic heterocycles. The minimum absolute atomic E-state index is 1.65. The van der Waals surface area contributed by atoms with Crippen molar-refractivity contribution in [3.8, 4) is 0 Å². The number of nitrogens with one attached hydrogen (secondary N) is 1. The van der Waals surface area contributed by atoms with Gasteiger partial charge in [-0.25, -0.2) is 5.84 Å². The van der Waals surface area contributed by atoms with Crippen LogP contribution in [-0.4, -0.2) is 0 Å². The van der Waals surface area contributed by atoms with Crippen molar-refractivity contribution in [3.63, 3.8) is 0 Å². The van der Waals surface area contributed by atoms with Gasteiger partial charge in [0.15, 0.2) is 0 Å². The van der Waals surface area contributed by atoms with E-state index in [4.69, 9.17) is 5.53 Å². The fourth-order valence-corrected chi connectivity index (χ4v) is 0.0418. The zero-order valence-electron chi connectivity index (χ0n) is 2.83. The Labute approximate surface area is 33.4 Å². The van der Waals surface area contributed by atoms with Gasteiger partial charge in [0.1, 0.15) is 5.28 Å². The molecule has 0 heterocycles. The number of azide groups is 1. The topological polar surface area (TPSA) is 96.0 Å². The number of hydrogen-bond acceptors (Lipinski definition) is 4. The number of nitrogens with zero attached hydrogens (tertiary/aromatic N) is 3. The van der Waals surface area contributed by atoms with Crippen molar-refractivity contribution >= 4 is 0 Å². The van der Waals surface area contributed by atoms with Gasteiger partial charge in [0.05, 0.1) is 0 Å². The lowest BCUT2D eigenvalue weighted by Crippen LogP contribution is -2.18. The Morgan fingerprint density at radius 3 is 2.83 bits per heavy atom. The van der Waals surface area contributed by atoms with E-state index in [1.807, 2.05) is 0 Å². The lowest BCUT2D eigenvalue weighted by molar-refractivity contribution is 0.0421. The van der Waals surface area contributed by atoms with Crippen molar-refractivity contribution < 1.29 is 4.94 Å². The van der Waals surface area contributed by atoms with E-state index in [1.54, 1.807) is 5.59 Å². The van der Waals surface area contributed by atoms with Gasteiger partial charge in [-0.1, -0.05) is 5.59 Å². The molecular formula is H3N5O. The van der Waals surface area contributed by atoms with Crippen LogP contribution in [-0.2, 0) is 4.94 Å². The normalized spacial score (nSPS) is 6.17. The molecule has 0 aromatic carbocycles. The summed E-state index contributed by atoms with van der Waals surface area (Å²) in [5.41, 5.74) is 9.08. The van der Waals surface area contributed by atoms with Gasteiger partial charge in [-0.2, -0.15) is 0 Å². The lowest BCUT2D eigenvalue weighted by atomic mass is 12.7. The Kier molecular flexibility index (Phi) is 3.38. The van der Waals surface area contributed by atoms with Crippen LogP contribution in [0.25, 0.3) is 10.4 Å². The van der Waals surface area contributed by atoms with Crippen LogP contribution in [0.15, 0.2) is 5.28 Å². The van der Waals surface area contributed by atoms with Crippen molar-refractivity contribution in [3.05, 3.63) is 10.4 Å². The predicted octanol–water partition coefficient (Wildman–Crippen LogP) is -0.393. The largest absolute Gasteiger partial charge is 0.322 e. The molecule has 6 heteroatoms. The molecule has 0 saturated heterocycles. The van der Waals surface area contributed by atoms with E-state index in [-0.39, 0.29) is 0 Å². The van der Waals surface area contributed by atoms with Crippen LogP contribution in [0.1, 0.15) is 0 Å². The Hall–Kier alpha value is -0.970. The number of rotatable bonds is 2. The molecule has 6 heavy (non-hydrogen) atoms. The van der Waals surface area contributed by atoms with Gasteiger partial charge in [-0.15, -0.1) is 0 Å². The van der Waals surface area contributed by atoms with Crippen LogP contribution >= 0.6 is 0 Å². The molecule has 6 nitrogen and oxygen atoms in total. The van der Waals surface area contributed by atoms with E-state index in [9.17, 15) is 0 Å².